The second-order valence-electron chi connectivity index (χ2n) is 4.93. The highest BCUT2D eigenvalue weighted by Gasteiger charge is 1.99. The van der Waals surface area contributed by atoms with Crippen LogP contribution in [0.2, 0.25) is 0 Å². The lowest BCUT2D eigenvalue weighted by Gasteiger charge is -2.06. The van der Waals surface area contributed by atoms with Crippen LogP contribution in [0.25, 0.3) is 0 Å². The van der Waals surface area contributed by atoms with Gasteiger partial charge in [0.05, 0.1) is 5.01 Å². The van der Waals surface area contributed by atoms with Gasteiger partial charge in [-0.1, -0.05) is 19.1 Å². The monoisotopic (exact) mass is 430 g/mol. The molecule has 0 aliphatic rings. The van der Waals surface area contributed by atoms with Crippen LogP contribution in [0.1, 0.15) is 29.6 Å². The van der Waals surface area contributed by atoms with E-state index in [0.29, 0.717) is 12.5 Å². The predicted octanol–water partition coefficient (Wildman–Crippen LogP) is 3.99. The molecule has 0 bridgehead atoms. The Labute approximate surface area is 153 Å². The number of hydrogen-bond donors (Lipinski definition) is 2. The van der Waals surface area contributed by atoms with Crippen LogP contribution < -0.4 is 11.1 Å². The van der Waals surface area contributed by atoms with Gasteiger partial charge in [-0.25, -0.2) is 4.98 Å². The van der Waals surface area contributed by atoms with E-state index >= 15 is 0 Å². The van der Waals surface area contributed by atoms with E-state index in [2.05, 4.69) is 39.7 Å². The maximum absolute atomic E-state index is 5.89. The molecule has 0 saturated carbocycles. The molecule has 0 fully saturated rings. The van der Waals surface area contributed by atoms with Gasteiger partial charge < -0.3 is 11.1 Å². The van der Waals surface area contributed by atoms with Crippen LogP contribution in [0, 0.1) is 6.92 Å². The molecule has 0 atom stereocenters. The fourth-order valence-corrected chi connectivity index (χ4v) is 2.78. The molecule has 0 saturated heterocycles. The first kappa shape index (κ1) is 18.9. The molecule has 0 spiro atoms. The number of guanidine groups is 1. The number of aliphatic imine (C=N–C) groups is 1. The molecule has 6 heteroatoms. The lowest BCUT2D eigenvalue weighted by atomic mass is 10.1. The molecule has 120 valence electrons. The Morgan fingerprint density at radius 1 is 1.32 bits per heavy atom. The zero-order valence-corrected chi connectivity index (χ0v) is 16.2. The molecule has 22 heavy (non-hydrogen) atoms. The Kier molecular flexibility index (Phi) is 8.40. The van der Waals surface area contributed by atoms with Crippen molar-refractivity contribution in [3.8, 4) is 0 Å². The Balaban J connectivity index is 0.00000242. The molecular formula is C16H23IN4S. The average molecular weight is 430 g/mol. The third-order valence-electron chi connectivity index (χ3n) is 3.13. The van der Waals surface area contributed by atoms with Crippen LogP contribution in [0.4, 0.5) is 5.69 Å². The number of hydrogen-bond acceptors (Lipinski definition) is 3. The van der Waals surface area contributed by atoms with Gasteiger partial charge in [0.1, 0.15) is 0 Å². The van der Waals surface area contributed by atoms with E-state index in [4.69, 9.17) is 5.73 Å². The minimum atomic E-state index is 0. The number of aromatic nitrogens is 1. The van der Waals surface area contributed by atoms with Gasteiger partial charge in [0.15, 0.2) is 5.96 Å². The van der Waals surface area contributed by atoms with Gasteiger partial charge in [0.25, 0.3) is 0 Å². The summed E-state index contributed by atoms with van der Waals surface area (Å²) in [5, 5.41) is 6.36. The SMILES string of the molecule is CCc1ccc(NC(N)=NCCCc2nc(C)cs2)cc1.I. The van der Waals surface area contributed by atoms with Gasteiger partial charge in [-0.15, -0.1) is 35.3 Å². The number of thiazole rings is 1. The largest absolute Gasteiger partial charge is 0.370 e. The molecule has 4 nitrogen and oxygen atoms in total. The molecule has 2 aromatic rings. The average Bonchev–Trinajstić information content (AvgIpc) is 2.90. The van der Waals surface area contributed by atoms with E-state index in [9.17, 15) is 0 Å². The second-order valence-corrected chi connectivity index (χ2v) is 5.87. The zero-order chi connectivity index (χ0) is 15.1. The molecule has 2 rings (SSSR count). The summed E-state index contributed by atoms with van der Waals surface area (Å²) in [4.78, 5) is 8.78. The summed E-state index contributed by atoms with van der Waals surface area (Å²) >= 11 is 1.71. The van der Waals surface area contributed by atoms with E-state index in [1.54, 1.807) is 11.3 Å². The highest BCUT2D eigenvalue weighted by Crippen LogP contribution is 2.11. The lowest BCUT2D eigenvalue weighted by molar-refractivity contribution is 0.823. The molecule has 1 heterocycles. The van der Waals surface area contributed by atoms with Gasteiger partial charge in [0.2, 0.25) is 0 Å². The quantitative estimate of drug-likeness (QED) is 0.315. The third-order valence-corrected chi connectivity index (χ3v) is 4.16. The number of nitrogens with one attached hydrogen (secondary N) is 1. The molecule has 1 aromatic heterocycles. The first-order valence-corrected chi connectivity index (χ1v) is 8.12. The molecule has 0 unspecified atom stereocenters. The summed E-state index contributed by atoms with van der Waals surface area (Å²) in [5.74, 6) is 0.467. The Morgan fingerprint density at radius 3 is 2.64 bits per heavy atom. The minimum Gasteiger partial charge on any atom is -0.370 e. The summed E-state index contributed by atoms with van der Waals surface area (Å²) in [5.41, 5.74) is 9.27. The molecule has 3 N–H and O–H groups in total. The molecular weight excluding hydrogens is 407 g/mol. The fourth-order valence-electron chi connectivity index (χ4n) is 1.96. The minimum absolute atomic E-state index is 0. The van der Waals surface area contributed by atoms with E-state index in [0.717, 1.165) is 30.6 Å². The molecule has 0 aliphatic heterocycles. The van der Waals surface area contributed by atoms with Gasteiger partial charge >= 0.3 is 0 Å². The Morgan fingerprint density at radius 2 is 2.05 bits per heavy atom. The molecule has 0 radical (unpaired) electrons. The molecule has 1 aromatic carbocycles. The molecule has 0 amide bonds. The summed E-state index contributed by atoms with van der Waals surface area (Å²) < 4.78 is 0. The van der Waals surface area contributed by atoms with Crippen molar-refractivity contribution in [1.82, 2.24) is 4.98 Å². The number of rotatable bonds is 6. The second kappa shape index (κ2) is 9.78. The van der Waals surface area contributed by atoms with Crippen molar-refractivity contribution in [2.75, 3.05) is 11.9 Å². The van der Waals surface area contributed by atoms with Gasteiger partial charge in [-0.05, 0) is 37.5 Å². The topological polar surface area (TPSA) is 63.3 Å². The fraction of sp³-hybridized carbons (Fsp3) is 0.375. The zero-order valence-electron chi connectivity index (χ0n) is 13.0. The van der Waals surface area contributed by atoms with Crippen LogP contribution >= 0.6 is 35.3 Å². The van der Waals surface area contributed by atoms with Crippen molar-refractivity contribution in [2.45, 2.75) is 33.1 Å². The summed E-state index contributed by atoms with van der Waals surface area (Å²) in [6.45, 7) is 4.87. The van der Waals surface area contributed by atoms with Crippen molar-refractivity contribution < 1.29 is 0 Å². The first-order valence-electron chi connectivity index (χ1n) is 7.24. The summed E-state index contributed by atoms with van der Waals surface area (Å²) in [7, 11) is 0. The van der Waals surface area contributed by atoms with Crippen molar-refractivity contribution in [3.63, 3.8) is 0 Å². The normalized spacial score (nSPS) is 11.1. The Bertz CT molecular complexity index is 592. The van der Waals surface area contributed by atoms with Gasteiger partial charge in [-0.2, -0.15) is 0 Å². The highest BCUT2D eigenvalue weighted by molar-refractivity contribution is 14.0. The van der Waals surface area contributed by atoms with Crippen molar-refractivity contribution in [3.05, 3.63) is 45.9 Å². The predicted molar refractivity (Wildman–Crippen MR) is 107 cm³/mol. The van der Waals surface area contributed by atoms with Crippen molar-refractivity contribution in [2.24, 2.45) is 10.7 Å². The summed E-state index contributed by atoms with van der Waals surface area (Å²) in [6, 6.07) is 8.25. The summed E-state index contributed by atoms with van der Waals surface area (Å²) in [6.07, 6.45) is 2.96. The van der Waals surface area contributed by atoms with Gasteiger partial charge in [-0.3, -0.25) is 4.99 Å². The van der Waals surface area contributed by atoms with Crippen LogP contribution in [-0.2, 0) is 12.8 Å². The molecule has 0 aliphatic carbocycles. The smallest absolute Gasteiger partial charge is 0.193 e. The van der Waals surface area contributed by atoms with Crippen LogP contribution in [0.5, 0.6) is 0 Å². The number of benzene rings is 1. The van der Waals surface area contributed by atoms with Crippen LogP contribution in [-0.4, -0.2) is 17.5 Å². The maximum atomic E-state index is 5.89. The number of halogens is 1. The van der Waals surface area contributed by atoms with E-state index < -0.39 is 0 Å². The number of nitrogens with zero attached hydrogens (tertiary/aromatic N) is 2. The highest BCUT2D eigenvalue weighted by atomic mass is 127. The standard InChI is InChI=1S/C16H22N4S.HI/c1-3-13-6-8-14(9-7-13)20-16(17)18-10-4-5-15-19-12(2)11-21-15;/h6-9,11H,3-5,10H2,1-2H3,(H3,17,18,20);1H. The van der Waals surface area contributed by atoms with E-state index in [1.807, 2.05) is 19.1 Å². The lowest BCUT2D eigenvalue weighted by Crippen LogP contribution is -2.22. The van der Waals surface area contributed by atoms with E-state index in [-0.39, 0.29) is 24.0 Å². The van der Waals surface area contributed by atoms with Crippen LogP contribution in [0.15, 0.2) is 34.6 Å². The number of aryl methyl sites for hydroxylation is 3. The van der Waals surface area contributed by atoms with Gasteiger partial charge in [0, 0.05) is 29.7 Å². The third kappa shape index (κ3) is 6.31. The van der Waals surface area contributed by atoms with Crippen molar-refractivity contribution in [1.29, 1.82) is 0 Å². The van der Waals surface area contributed by atoms with Crippen molar-refractivity contribution >= 4 is 47.0 Å². The number of nitrogens with two attached hydrogens (primary N) is 1. The van der Waals surface area contributed by atoms with Crippen LogP contribution in [0.3, 0.4) is 0 Å². The number of anilines is 1. The Hall–Kier alpha value is -1.15. The van der Waals surface area contributed by atoms with E-state index in [1.165, 1.54) is 10.6 Å². The first-order chi connectivity index (χ1) is 10.2. The maximum Gasteiger partial charge on any atom is 0.193 e.